The van der Waals surface area contributed by atoms with Gasteiger partial charge in [0, 0.05) is 12.1 Å². The van der Waals surface area contributed by atoms with Gasteiger partial charge in [-0.1, -0.05) is 6.92 Å². The SMILES string of the molecule is C=NC1CCC(NCC)CC1. The summed E-state index contributed by atoms with van der Waals surface area (Å²) in [5.74, 6) is 0. The number of hydrogen-bond acceptors (Lipinski definition) is 2. The molecule has 0 aromatic rings. The zero-order valence-electron chi connectivity index (χ0n) is 7.34. The van der Waals surface area contributed by atoms with Gasteiger partial charge in [-0.15, -0.1) is 0 Å². The number of nitrogens with zero attached hydrogens (tertiary/aromatic N) is 1. The summed E-state index contributed by atoms with van der Waals surface area (Å²) in [7, 11) is 0. The Kier molecular flexibility index (Phi) is 3.57. The van der Waals surface area contributed by atoms with Gasteiger partial charge in [0.25, 0.3) is 0 Å². The topological polar surface area (TPSA) is 24.4 Å². The fourth-order valence-electron chi connectivity index (χ4n) is 1.75. The third-order valence-electron chi connectivity index (χ3n) is 2.45. The van der Waals surface area contributed by atoms with Crippen LogP contribution in [0.4, 0.5) is 0 Å². The van der Waals surface area contributed by atoms with Gasteiger partial charge >= 0.3 is 0 Å². The van der Waals surface area contributed by atoms with E-state index in [-0.39, 0.29) is 0 Å². The quantitative estimate of drug-likeness (QED) is 0.614. The average molecular weight is 154 g/mol. The molecular weight excluding hydrogens is 136 g/mol. The van der Waals surface area contributed by atoms with Crippen LogP contribution in [0.1, 0.15) is 32.6 Å². The molecular formula is C9H18N2. The summed E-state index contributed by atoms with van der Waals surface area (Å²) in [5.41, 5.74) is 0. The highest BCUT2D eigenvalue weighted by molar-refractivity contribution is 5.24. The van der Waals surface area contributed by atoms with Crippen molar-refractivity contribution in [3.05, 3.63) is 0 Å². The molecule has 0 aromatic heterocycles. The molecule has 2 heteroatoms. The molecule has 0 unspecified atom stereocenters. The van der Waals surface area contributed by atoms with Crippen LogP contribution < -0.4 is 5.32 Å². The Balaban J connectivity index is 2.18. The molecule has 0 aliphatic heterocycles. The van der Waals surface area contributed by atoms with Gasteiger partial charge in [-0.25, -0.2) is 0 Å². The Bertz CT molecular complexity index is 115. The number of hydrogen-bond donors (Lipinski definition) is 1. The van der Waals surface area contributed by atoms with Crippen LogP contribution in [-0.4, -0.2) is 25.3 Å². The minimum Gasteiger partial charge on any atom is -0.314 e. The van der Waals surface area contributed by atoms with E-state index in [1.807, 2.05) is 0 Å². The molecule has 64 valence electrons. The second kappa shape index (κ2) is 4.50. The monoisotopic (exact) mass is 154 g/mol. The Morgan fingerprint density at radius 1 is 1.36 bits per heavy atom. The molecule has 0 spiro atoms. The van der Waals surface area contributed by atoms with Crippen molar-refractivity contribution >= 4 is 6.72 Å². The molecule has 2 nitrogen and oxygen atoms in total. The first-order valence-electron chi connectivity index (χ1n) is 4.56. The molecule has 1 fully saturated rings. The molecule has 0 radical (unpaired) electrons. The molecule has 0 heterocycles. The van der Waals surface area contributed by atoms with Crippen LogP contribution in [0.5, 0.6) is 0 Å². The average Bonchev–Trinajstić information content (AvgIpc) is 2.07. The van der Waals surface area contributed by atoms with Gasteiger partial charge in [0.1, 0.15) is 0 Å². The number of rotatable bonds is 3. The third-order valence-corrected chi connectivity index (χ3v) is 2.45. The summed E-state index contributed by atoms with van der Waals surface area (Å²) in [6.07, 6.45) is 5.00. The first-order valence-corrected chi connectivity index (χ1v) is 4.56. The maximum atomic E-state index is 4.06. The van der Waals surface area contributed by atoms with Gasteiger partial charge in [-0.05, 0) is 38.9 Å². The van der Waals surface area contributed by atoms with Crippen LogP contribution in [0.25, 0.3) is 0 Å². The third kappa shape index (κ3) is 2.62. The molecule has 0 saturated heterocycles. The van der Waals surface area contributed by atoms with E-state index in [0.717, 1.165) is 12.6 Å². The van der Waals surface area contributed by atoms with Crippen molar-refractivity contribution in [3.8, 4) is 0 Å². The fraction of sp³-hybridized carbons (Fsp3) is 0.889. The number of aliphatic imine (C=N–C) groups is 1. The lowest BCUT2D eigenvalue weighted by Crippen LogP contribution is -2.33. The van der Waals surface area contributed by atoms with Gasteiger partial charge in [0.2, 0.25) is 0 Å². The molecule has 0 atom stereocenters. The van der Waals surface area contributed by atoms with Gasteiger partial charge in [-0.3, -0.25) is 4.99 Å². The largest absolute Gasteiger partial charge is 0.314 e. The smallest absolute Gasteiger partial charge is 0.0493 e. The van der Waals surface area contributed by atoms with Crippen molar-refractivity contribution in [1.82, 2.24) is 5.32 Å². The van der Waals surface area contributed by atoms with E-state index in [9.17, 15) is 0 Å². The molecule has 1 N–H and O–H groups in total. The highest BCUT2D eigenvalue weighted by Crippen LogP contribution is 2.20. The van der Waals surface area contributed by atoms with E-state index >= 15 is 0 Å². The van der Waals surface area contributed by atoms with E-state index in [0.29, 0.717) is 6.04 Å². The Labute approximate surface area is 69.1 Å². The van der Waals surface area contributed by atoms with Crippen molar-refractivity contribution in [1.29, 1.82) is 0 Å². The maximum absolute atomic E-state index is 4.06. The van der Waals surface area contributed by atoms with Crippen molar-refractivity contribution in [2.75, 3.05) is 6.54 Å². The van der Waals surface area contributed by atoms with Crippen LogP contribution in [0.2, 0.25) is 0 Å². The summed E-state index contributed by atoms with van der Waals surface area (Å²) in [6.45, 7) is 6.84. The minimum atomic E-state index is 0.546. The zero-order chi connectivity index (χ0) is 8.10. The lowest BCUT2D eigenvalue weighted by Gasteiger charge is -2.26. The van der Waals surface area contributed by atoms with Crippen LogP contribution >= 0.6 is 0 Å². The summed E-state index contributed by atoms with van der Waals surface area (Å²) >= 11 is 0. The molecule has 0 aromatic carbocycles. The first-order chi connectivity index (χ1) is 5.36. The second-order valence-electron chi connectivity index (χ2n) is 3.25. The van der Waals surface area contributed by atoms with E-state index in [4.69, 9.17) is 0 Å². The molecule has 11 heavy (non-hydrogen) atoms. The molecule has 0 amide bonds. The molecule has 1 saturated carbocycles. The predicted molar refractivity (Wildman–Crippen MR) is 49.3 cm³/mol. The normalized spacial score (nSPS) is 31.7. The molecule has 1 aliphatic rings. The van der Waals surface area contributed by atoms with Crippen molar-refractivity contribution in [2.24, 2.45) is 4.99 Å². The van der Waals surface area contributed by atoms with Gasteiger partial charge < -0.3 is 5.32 Å². The highest BCUT2D eigenvalue weighted by atomic mass is 14.9. The molecule has 1 rings (SSSR count). The maximum Gasteiger partial charge on any atom is 0.0493 e. The Morgan fingerprint density at radius 3 is 2.45 bits per heavy atom. The van der Waals surface area contributed by atoms with E-state index in [1.54, 1.807) is 0 Å². The van der Waals surface area contributed by atoms with Crippen LogP contribution in [0.3, 0.4) is 0 Å². The van der Waals surface area contributed by atoms with Crippen LogP contribution in [0, 0.1) is 0 Å². The fourth-order valence-corrected chi connectivity index (χ4v) is 1.75. The lowest BCUT2D eigenvalue weighted by atomic mass is 9.92. The van der Waals surface area contributed by atoms with Gasteiger partial charge in [-0.2, -0.15) is 0 Å². The summed E-state index contributed by atoms with van der Waals surface area (Å²) in [6, 6.07) is 1.29. The van der Waals surface area contributed by atoms with Gasteiger partial charge in [0.05, 0.1) is 0 Å². The van der Waals surface area contributed by atoms with Crippen molar-refractivity contribution in [3.63, 3.8) is 0 Å². The van der Waals surface area contributed by atoms with Crippen molar-refractivity contribution < 1.29 is 0 Å². The standard InChI is InChI=1S/C9H18N2/c1-3-11-9-6-4-8(10-2)5-7-9/h8-9,11H,2-7H2,1H3. The Morgan fingerprint density at radius 2 is 2.00 bits per heavy atom. The van der Waals surface area contributed by atoms with E-state index in [2.05, 4.69) is 24.0 Å². The minimum absolute atomic E-state index is 0.546. The highest BCUT2D eigenvalue weighted by Gasteiger charge is 2.18. The van der Waals surface area contributed by atoms with Crippen molar-refractivity contribution in [2.45, 2.75) is 44.7 Å². The summed E-state index contributed by atoms with van der Waals surface area (Å²) < 4.78 is 0. The zero-order valence-corrected chi connectivity index (χ0v) is 7.34. The lowest BCUT2D eigenvalue weighted by molar-refractivity contribution is 0.350. The number of nitrogens with one attached hydrogen (secondary N) is 1. The Hall–Kier alpha value is -0.370. The summed E-state index contributed by atoms with van der Waals surface area (Å²) in [5, 5.41) is 3.47. The first kappa shape index (κ1) is 8.72. The molecule has 0 bridgehead atoms. The van der Waals surface area contributed by atoms with E-state index < -0.39 is 0 Å². The summed E-state index contributed by atoms with van der Waals surface area (Å²) in [4.78, 5) is 4.06. The predicted octanol–water partition coefficient (Wildman–Crippen LogP) is 1.61. The van der Waals surface area contributed by atoms with Gasteiger partial charge in [0.15, 0.2) is 0 Å². The molecule has 1 aliphatic carbocycles. The second-order valence-corrected chi connectivity index (χ2v) is 3.25. The van der Waals surface area contributed by atoms with Crippen LogP contribution in [-0.2, 0) is 0 Å². The van der Waals surface area contributed by atoms with Crippen LogP contribution in [0.15, 0.2) is 4.99 Å². The van der Waals surface area contributed by atoms with E-state index in [1.165, 1.54) is 25.7 Å².